The molecule has 5 nitrogen and oxygen atoms in total. The van der Waals surface area contributed by atoms with Crippen molar-refractivity contribution in [3.8, 4) is 0 Å². The van der Waals surface area contributed by atoms with Gasteiger partial charge in [0.1, 0.15) is 0 Å². The van der Waals surface area contributed by atoms with Crippen LogP contribution in [0.25, 0.3) is 10.9 Å². The lowest BCUT2D eigenvalue weighted by Crippen LogP contribution is -2.33. The summed E-state index contributed by atoms with van der Waals surface area (Å²) >= 11 is 0. The zero-order valence-corrected chi connectivity index (χ0v) is 14.9. The minimum Gasteiger partial charge on any atom is -0.618 e. The molecule has 124 valence electrons. The first-order valence-electron chi connectivity index (χ1n) is 7.91. The number of pyridine rings is 1. The minimum absolute atomic E-state index is 0.100. The summed E-state index contributed by atoms with van der Waals surface area (Å²) in [5, 5.41) is 17.6. The second kappa shape index (κ2) is 5.44. The second-order valence-electron chi connectivity index (χ2n) is 6.38. The quantitative estimate of drug-likeness (QED) is 0.414. The fourth-order valence-corrected chi connectivity index (χ4v) is 3.17. The Bertz CT molecular complexity index is 1000. The van der Waals surface area contributed by atoms with Crippen LogP contribution in [0.4, 0.5) is 0 Å². The molecule has 0 atom stereocenters. The van der Waals surface area contributed by atoms with E-state index in [1.165, 1.54) is 0 Å². The Labute approximate surface area is 141 Å². The van der Waals surface area contributed by atoms with Gasteiger partial charge < -0.3 is 5.21 Å². The molecule has 3 rings (SSSR count). The average molecular weight is 323 g/mol. The topological polar surface area (TPSA) is 61.8 Å². The zero-order valence-electron chi connectivity index (χ0n) is 14.9. The standard InChI is InChI=1S/C19H21N3O2/c1-10-7-8-15(19(23)16-9-20-21(6)14(16)5)17-12(3)11(2)13(4)22(24)18(10)17/h7-9H,1-6H3. The van der Waals surface area contributed by atoms with Gasteiger partial charge in [-0.1, -0.05) is 6.07 Å². The number of nitrogens with zero attached hydrogens (tertiary/aromatic N) is 3. The highest BCUT2D eigenvalue weighted by Gasteiger charge is 2.24. The van der Waals surface area contributed by atoms with E-state index in [2.05, 4.69) is 5.10 Å². The van der Waals surface area contributed by atoms with Crippen molar-refractivity contribution >= 4 is 16.7 Å². The summed E-state index contributed by atoms with van der Waals surface area (Å²) in [6, 6.07) is 3.65. The number of ketones is 1. The monoisotopic (exact) mass is 323 g/mol. The van der Waals surface area contributed by atoms with Crippen molar-refractivity contribution in [3.05, 3.63) is 62.7 Å². The SMILES string of the molecule is Cc1c(C)c2c(C(=O)c3cnn(C)c3C)ccc(C)c2[n+]([O-])c1C. The van der Waals surface area contributed by atoms with Crippen LogP contribution in [0.2, 0.25) is 0 Å². The largest absolute Gasteiger partial charge is 0.618 e. The molecule has 0 spiro atoms. The van der Waals surface area contributed by atoms with E-state index < -0.39 is 0 Å². The molecule has 5 heteroatoms. The van der Waals surface area contributed by atoms with Gasteiger partial charge in [0, 0.05) is 36.4 Å². The van der Waals surface area contributed by atoms with E-state index in [1.807, 2.05) is 53.8 Å². The molecular formula is C19H21N3O2. The zero-order chi connectivity index (χ0) is 17.8. The Morgan fingerprint density at radius 1 is 1.08 bits per heavy atom. The van der Waals surface area contributed by atoms with E-state index in [0.717, 1.165) is 32.5 Å². The molecule has 0 aliphatic heterocycles. The lowest BCUT2D eigenvalue weighted by atomic mass is 9.92. The maximum absolute atomic E-state index is 13.1. The van der Waals surface area contributed by atoms with Crippen molar-refractivity contribution in [1.82, 2.24) is 9.78 Å². The van der Waals surface area contributed by atoms with Gasteiger partial charge in [-0.05, 0) is 39.3 Å². The van der Waals surface area contributed by atoms with Crippen LogP contribution in [0.1, 0.15) is 44.0 Å². The molecule has 0 aliphatic rings. The van der Waals surface area contributed by atoms with Crippen LogP contribution in [0.15, 0.2) is 18.3 Å². The first kappa shape index (κ1) is 16.2. The van der Waals surface area contributed by atoms with Crippen LogP contribution in [-0.4, -0.2) is 15.6 Å². The highest BCUT2D eigenvalue weighted by molar-refractivity contribution is 6.17. The molecule has 0 aliphatic carbocycles. The van der Waals surface area contributed by atoms with Gasteiger partial charge in [0.15, 0.2) is 11.5 Å². The first-order chi connectivity index (χ1) is 11.3. The van der Waals surface area contributed by atoms with E-state index in [-0.39, 0.29) is 5.78 Å². The van der Waals surface area contributed by atoms with Crippen molar-refractivity contribution in [2.75, 3.05) is 0 Å². The Morgan fingerprint density at radius 3 is 2.33 bits per heavy atom. The predicted octanol–water partition coefficient (Wildman–Crippen LogP) is 2.98. The van der Waals surface area contributed by atoms with Gasteiger partial charge in [0.2, 0.25) is 5.52 Å². The minimum atomic E-state index is -0.100. The summed E-state index contributed by atoms with van der Waals surface area (Å²) < 4.78 is 2.62. The number of fused-ring (bicyclic) bond motifs is 1. The van der Waals surface area contributed by atoms with Crippen LogP contribution in [0, 0.1) is 39.8 Å². The normalized spacial score (nSPS) is 11.2. The van der Waals surface area contributed by atoms with Crippen LogP contribution < -0.4 is 4.73 Å². The van der Waals surface area contributed by atoms with E-state index >= 15 is 0 Å². The summed E-state index contributed by atoms with van der Waals surface area (Å²) in [6.45, 7) is 9.47. The number of hydrogen-bond acceptors (Lipinski definition) is 3. The summed E-state index contributed by atoms with van der Waals surface area (Å²) in [5.41, 5.74) is 5.93. The van der Waals surface area contributed by atoms with Crippen LogP contribution in [0.3, 0.4) is 0 Å². The maximum atomic E-state index is 13.1. The van der Waals surface area contributed by atoms with Gasteiger partial charge >= 0.3 is 0 Å². The number of aromatic nitrogens is 3. The van der Waals surface area contributed by atoms with Gasteiger partial charge in [0.25, 0.3) is 0 Å². The number of hydrogen-bond donors (Lipinski definition) is 0. The van der Waals surface area contributed by atoms with Gasteiger partial charge in [-0.15, -0.1) is 0 Å². The summed E-state index contributed by atoms with van der Waals surface area (Å²) in [5.74, 6) is -0.100. The third-order valence-electron chi connectivity index (χ3n) is 5.09. The first-order valence-corrected chi connectivity index (χ1v) is 7.91. The summed E-state index contributed by atoms with van der Waals surface area (Å²) in [4.78, 5) is 13.1. The predicted molar refractivity (Wildman–Crippen MR) is 93.2 cm³/mol. The van der Waals surface area contributed by atoms with Crippen LogP contribution in [-0.2, 0) is 7.05 Å². The molecular weight excluding hydrogens is 302 g/mol. The fraction of sp³-hybridized carbons (Fsp3) is 0.316. The summed E-state index contributed by atoms with van der Waals surface area (Å²) in [7, 11) is 1.81. The number of benzene rings is 1. The van der Waals surface area contributed by atoms with Crippen LogP contribution in [0.5, 0.6) is 0 Å². The lowest BCUT2D eigenvalue weighted by Gasteiger charge is -2.15. The van der Waals surface area contributed by atoms with Crippen molar-refractivity contribution < 1.29 is 9.52 Å². The van der Waals surface area contributed by atoms with E-state index in [4.69, 9.17) is 0 Å². The van der Waals surface area contributed by atoms with E-state index in [0.29, 0.717) is 22.3 Å². The third kappa shape index (κ3) is 2.12. The Balaban J connectivity index is 2.40. The Hall–Kier alpha value is -2.69. The maximum Gasteiger partial charge on any atom is 0.227 e. The average Bonchev–Trinajstić information content (AvgIpc) is 2.89. The Kier molecular flexibility index (Phi) is 3.67. The molecule has 0 saturated carbocycles. The van der Waals surface area contributed by atoms with Gasteiger partial charge in [0.05, 0.1) is 17.1 Å². The van der Waals surface area contributed by atoms with E-state index in [9.17, 15) is 10.0 Å². The number of carbonyl (C=O) groups is 1. The van der Waals surface area contributed by atoms with E-state index in [1.54, 1.807) is 10.9 Å². The van der Waals surface area contributed by atoms with Crippen molar-refractivity contribution in [2.24, 2.45) is 7.05 Å². The van der Waals surface area contributed by atoms with Gasteiger partial charge in [-0.3, -0.25) is 9.48 Å². The molecule has 0 radical (unpaired) electrons. The van der Waals surface area contributed by atoms with Gasteiger partial charge in [-0.25, -0.2) is 0 Å². The van der Waals surface area contributed by atoms with Crippen molar-refractivity contribution in [1.29, 1.82) is 0 Å². The molecule has 3 aromatic rings. The molecule has 0 bridgehead atoms. The molecule has 2 aromatic heterocycles. The van der Waals surface area contributed by atoms with Crippen molar-refractivity contribution in [2.45, 2.75) is 34.6 Å². The third-order valence-corrected chi connectivity index (χ3v) is 5.09. The number of carbonyl (C=O) groups excluding carboxylic acids is 1. The lowest BCUT2D eigenvalue weighted by molar-refractivity contribution is -0.584. The molecule has 24 heavy (non-hydrogen) atoms. The molecule has 1 aromatic carbocycles. The summed E-state index contributed by atoms with van der Waals surface area (Å²) in [6.07, 6.45) is 1.59. The molecule has 2 heterocycles. The molecule has 0 fully saturated rings. The highest BCUT2D eigenvalue weighted by Crippen LogP contribution is 2.28. The molecule has 0 unspecified atom stereocenters. The smallest absolute Gasteiger partial charge is 0.227 e. The second-order valence-corrected chi connectivity index (χ2v) is 6.38. The molecule has 0 saturated heterocycles. The molecule has 0 N–H and O–H groups in total. The Morgan fingerprint density at radius 2 is 1.75 bits per heavy atom. The van der Waals surface area contributed by atoms with Crippen molar-refractivity contribution in [3.63, 3.8) is 0 Å². The van der Waals surface area contributed by atoms with Gasteiger partial charge in [-0.2, -0.15) is 9.83 Å². The van der Waals surface area contributed by atoms with Crippen LogP contribution >= 0.6 is 0 Å². The number of rotatable bonds is 2. The molecule has 0 amide bonds. The highest BCUT2D eigenvalue weighted by atomic mass is 16.5. The fourth-order valence-electron chi connectivity index (χ4n) is 3.17. The number of aryl methyl sites for hydroxylation is 3.